The number of aryl methyl sites for hydroxylation is 1. The number of amides is 1. The second-order valence-electron chi connectivity index (χ2n) is 6.18. The molecule has 1 aromatic carbocycles. The van der Waals surface area contributed by atoms with E-state index in [0.717, 1.165) is 5.56 Å². The predicted octanol–water partition coefficient (Wildman–Crippen LogP) is 1.82. The maximum absolute atomic E-state index is 12.2. The average Bonchev–Trinajstić information content (AvgIpc) is 2.47. The highest BCUT2D eigenvalue weighted by molar-refractivity contribution is 6.06. The zero-order chi connectivity index (χ0) is 15.8. The summed E-state index contributed by atoms with van der Waals surface area (Å²) in [6, 6.07) is 3.02. The Hall–Kier alpha value is -2.24. The molecular formula is C15H20N2O4. The van der Waals surface area contributed by atoms with Crippen LogP contribution in [-0.4, -0.2) is 22.6 Å². The number of phenolic OH excluding ortho intramolecular Hbond substituents is 1. The Labute approximate surface area is 123 Å². The lowest BCUT2D eigenvalue weighted by Gasteiger charge is -2.22. The summed E-state index contributed by atoms with van der Waals surface area (Å²) in [5.41, 5.74) is 6.54. The normalized spacial score (nSPS) is 18.4. The lowest BCUT2D eigenvalue weighted by molar-refractivity contribution is -0.161. The average molecular weight is 292 g/mol. The minimum Gasteiger partial charge on any atom is -0.506 e. The van der Waals surface area contributed by atoms with Crippen molar-refractivity contribution in [3.63, 3.8) is 0 Å². The first-order valence-corrected chi connectivity index (χ1v) is 6.82. The molecule has 0 bridgehead atoms. The molecule has 0 unspecified atom stereocenters. The van der Waals surface area contributed by atoms with E-state index in [1.165, 1.54) is 6.07 Å². The van der Waals surface area contributed by atoms with Gasteiger partial charge in [-0.05, 0) is 45.2 Å². The Balaban J connectivity index is 2.22. The van der Waals surface area contributed by atoms with Crippen LogP contribution in [0.15, 0.2) is 12.1 Å². The van der Waals surface area contributed by atoms with Crippen LogP contribution in [0.4, 0.5) is 11.4 Å². The lowest BCUT2D eigenvalue weighted by Crippen LogP contribution is -2.35. The number of ether oxygens (including phenoxy) is 1. The lowest BCUT2D eigenvalue weighted by atomic mass is 10.00. The number of aromatic hydroxyl groups is 1. The summed E-state index contributed by atoms with van der Waals surface area (Å²) < 4.78 is 5.28. The molecule has 21 heavy (non-hydrogen) atoms. The number of nitrogens with two attached hydrogens (primary N) is 1. The van der Waals surface area contributed by atoms with Gasteiger partial charge in [-0.15, -0.1) is 0 Å². The number of hydrogen-bond acceptors (Lipinski definition) is 5. The molecular weight excluding hydrogens is 272 g/mol. The molecule has 2 rings (SSSR count). The summed E-state index contributed by atoms with van der Waals surface area (Å²) >= 11 is 0. The molecule has 0 aliphatic carbocycles. The molecule has 0 radical (unpaired) electrons. The topological polar surface area (TPSA) is 102 Å². The summed E-state index contributed by atoms with van der Waals surface area (Å²) in [4.78, 5) is 24.3. The van der Waals surface area contributed by atoms with Crippen LogP contribution in [0, 0.1) is 5.92 Å². The van der Waals surface area contributed by atoms with E-state index >= 15 is 0 Å². The van der Waals surface area contributed by atoms with E-state index < -0.39 is 23.4 Å². The number of hydrogen-bond donors (Lipinski definition) is 3. The first-order valence-electron chi connectivity index (χ1n) is 6.82. The molecule has 1 atom stereocenters. The molecule has 0 saturated carbocycles. The van der Waals surface area contributed by atoms with Crippen LogP contribution in [0.2, 0.25) is 0 Å². The summed E-state index contributed by atoms with van der Waals surface area (Å²) in [5.74, 6) is -1.91. The summed E-state index contributed by atoms with van der Waals surface area (Å²) in [7, 11) is 0. The minimum atomic E-state index is -0.861. The van der Waals surface area contributed by atoms with E-state index in [9.17, 15) is 14.7 Å². The fraction of sp³-hybridized carbons (Fsp3) is 0.467. The van der Waals surface area contributed by atoms with Gasteiger partial charge in [-0.25, -0.2) is 0 Å². The number of esters is 1. The third kappa shape index (κ3) is 3.45. The number of anilines is 2. The Morgan fingerprint density at radius 3 is 2.71 bits per heavy atom. The molecule has 1 aromatic rings. The quantitative estimate of drug-likeness (QED) is 0.317. The second kappa shape index (κ2) is 5.27. The number of benzene rings is 1. The summed E-state index contributed by atoms with van der Waals surface area (Å²) in [5, 5.41) is 12.3. The molecule has 6 nitrogen and oxygen atoms in total. The summed E-state index contributed by atoms with van der Waals surface area (Å²) in [6.07, 6.45) is 0.848. The number of rotatable bonds is 1. The SMILES string of the molecule is CC(C)(C)OC(=O)[C@@H]1CCc2cc(N)c(O)cc2NC1=O. The number of carbonyl (C=O) groups excluding carboxylic acids is 2. The van der Waals surface area contributed by atoms with Gasteiger partial charge < -0.3 is 20.9 Å². The van der Waals surface area contributed by atoms with Crippen molar-refractivity contribution in [2.75, 3.05) is 11.1 Å². The van der Waals surface area contributed by atoms with Crippen molar-refractivity contribution in [1.82, 2.24) is 0 Å². The van der Waals surface area contributed by atoms with Crippen LogP contribution >= 0.6 is 0 Å². The van der Waals surface area contributed by atoms with Gasteiger partial charge in [0.15, 0.2) is 0 Å². The number of carbonyl (C=O) groups is 2. The van der Waals surface area contributed by atoms with Gasteiger partial charge in [0.1, 0.15) is 17.3 Å². The maximum Gasteiger partial charge on any atom is 0.319 e. The third-order valence-electron chi connectivity index (χ3n) is 3.22. The predicted molar refractivity (Wildman–Crippen MR) is 78.8 cm³/mol. The van der Waals surface area contributed by atoms with Crippen molar-refractivity contribution < 1.29 is 19.4 Å². The molecule has 0 spiro atoms. The van der Waals surface area contributed by atoms with Crippen molar-refractivity contribution in [3.8, 4) is 5.75 Å². The Bertz CT molecular complexity index is 590. The van der Waals surface area contributed by atoms with Gasteiger partial charge in [-0.3, -0.25) is 9.59 Å². The number of nitrogen functional groups attached to an aromatic ring is 1. The van der Waals surface area contributed by atoms with Gasteiger partial charge in [-0.2, -0.15) is 0 Å². The van der Waals surface area contributed by atoms with Crippen LogP contribution in [0.5, 0.6) is 5.75 Å². The van der Waals surface area contributed by atoms with Crippen LogP contribution in [0.25, 0.3) is 0 Å². The highest BCUT2D eigenvalue weighted by atomic mass is 16.6. The first kappa shape index (κ1) is 15.2. The van der Waals surface area contributed by atoms with Crippen LogP contribution < -0.4 is 11.1 Å². The fourth-order valence-corrected chi connectivity index (χ4v) is 2.22. The van der Waals surface area contributed by atoms with E-state index in [4.69, 9.17) is 10.5 Å². The van der Waals surface area contributed by atoms with Gasteiger partial charge in [0, 0.05) is 11.8 Å². The van der Waals surface area contributed by atoms with Crippen LogP contribution in [-0.2, 0) is 20.7 Å². The summed E-state index contributed by atoms with van der Waals surface area (Å²) in [6.45, 7) is 5.27. The largest absolute Gasteiger partial charge is 0.506 e. The third-order valence-corrected chi connectivity index (χ3v) is 3.22. The fourth-order valence-electron chi connectivity index (χ4n) is 2.22. The number of fused-ring (bicyclic) bond motifs is 1. The molecule has 4 N–H and O–H groups in total. The molecule has 0 saturated heterocycles. The zero-order valence-electron chi connectivity index (χ0n) is 12.4. The maximum atomic E-state index is 12.2. The highest BCUT2D eigenvalue weighted by Crippen LogP contribution is 2.32. The smallest absolute Gasteiger partial charge is 0.319 e. The molecule has 0 aromatic heterocycles. The van der Waals surface area contributed by atoms with Gasteiger partial charge in [0.2, 0.25) is 5.91 Å². The second-order valence-corrected chi connectivity index (χ2v) is 6.18. The van der Waals surface area contributed by atoms with E-state index in [2.05, 4.69) is 5.32 Å². The van der Waals surface area contributed by atoms with Crippen molar-refractivity contribution in [3.05, 3.63) is 17.7 Å². The molecule has 114 valence electrons. The standard InChI is InChI=1S/C15H20N2O4/c1-15(2,3)21-14(20)9-5-4-8-6-10(16)12(18)7-11(8)17-13(9)19/h6-7,9,18H,4-5,16H2,1-3H3,(H,17,19)/t9-/m1/s1. The Morgan fingerprint density at radius 1 is 1.43 bits per heavy atom. The zero-order valence-corrected chi connectivity index (χ0v) is 12.4. The first-order chi connectivity index (χ1) is 9.67. The molecule has 0 fully saturated rings. The van der Waals surface area contributed by atoms with Gasteiger partial charge in [0.25, 0.3) is 0 Å². The number of nitrogens with one attached hydrogen (secondary N) is 1. The van der Waals surface area contributed by atoms with E-state index in [1.54, 1.807) is 26.8 Å². The van der Waals surface area contributed by atoms with Crippen molar-refractivity contribution in [2.45, 2.75) is 39.2 Å². The molecule has 1 aliphatic rings. The minimum absolute atomic E-state index is 0.0928. The number of phenols is 1. The van der Waals surface area contributed by atoms with Gasteiger partial charge in [0.05, 0.1) is 5.69 Å². The van der Waals surface area contributed by atoms with E-state index in [1.807, 2.05) is 0 Å². The molecule has 1 heterocycles. The molecule has 1 aliphatic heterocycles. The van der Waals surface area contributed by atoms with Crippen molar-refractivity contribution in [1.29, 1.82) is 0 Å². The van der Waals surface area contributed by atoms with Gasteiger partial charge >= 0.3 is 5.97 Å². The van der Waals surface area contributed by atoms with Gasteiger partial charge in [-0.1, -0.05) is 0 Å². The molecule has 1 amide bonds. The van der Waals surface area contributed by atoms with Crippen molar-refractivity contribution in [2.24, 2.45) is 5.92 Å². The monoisotopic (exact) mass is 292 g/mol. The Kier molecular flexibility index (Phi) is 3.80. The van der Waals surface area contributed by atoms with E-state index in [-0.39, 0.29) is 11.4 Å². The van der Waals surface area contributed by atoms with Crippen molar-refractivity contribution >= 4 is 23.3 Å². The van der Waals surface area contributed by atoms with E-state index in [0.29, 0.717) is 18.5 Å². The van der Waals surface area contributed by atoms with Crippen LogP contribution in [0.3, 0.4) is 0 Å². The Morgan fingerprint density at radius 2 is 2.10 bits per heavy atom. The van der Waals surface area contributed by atoms with Crippen LogP contribution in [0.1, 0.15) is 32.8 Å². The molecule has 6 heteroatoms. The highest BCUT2D eigenvalue weighted by Gasteiger charge is 2.33.